The molecule has 0 spiro atoms. The van der Waals surface area contributed by atoms with Crippen LogP contribution in [-0.4, -0.2) is 39.8 Å². The fourth-order valence-corrected chi connectivity index (χ4v) is 5.82. The first kappa shape index (κ1) is 12.0. The third kappa shape index (κ3) is 2.70. The van der Waals surface area contributed by atoms with Gasteiger partial charge in [0.1, 0.15) is 0 Å². The van der Waals surface area contributed by atoms with Crippen molar-refractivity contribution in [2.45, 2.75) is 36.2 Å². The van der Waals surface area contributed by atoms with Crippen molar-refractivity contribution >= 4 is 19.7 Å². The van der Waals surface area contributed by atoms with Crippen LogP contribution in [0, 0.1) is 0 Å². The quantitative estimate of drug-likeness (QED) is 0.700. The molecule has 1 fully saturated rings. The van der Waals surface area contributed by atoms with E-state index in [0.29, 0.717) is 12.8 Å². The van der Waals surface area contributed by atoms with E-state index in [-0.39, 0.29) is 0 Å². The van der Waals surface area contributed by atoms with Gasteiger partial charge in [0.2, 0.25) is 0 Å². The maximum absolute atomic E-state index is 11.4. The van der Waals surface area contributed by atoms with E-state index in [1.54, 1.807) is 0 Å². The normalized spacial score (nSPS) is 30.1. The molecule has 1 rings (SSSR count). The minimum absolute atomic E-state index is 0.483. The topological polar surface area (TPSA) is 68.3 Å². The summed E-state index contributed by atoms with van der Waals surface area (Å²) in [7, 11) is -6.47. The predicted octanol–water partition coefficient (Wildman–Crippen LogP) is 0.387. The Hall–Kier alpha value is -0.100. The molecule has 1 aliphatic rings. The highest BCUT2D eigenvalue weighted by Gasteiger charge is 2.38. The van der Waals surface area contributed by atoms with Crippen molar-refractivity contribution in [3.63, 3.8) is 0 Å². The Labute approximate surface area is 85.5 Å². The Morgan fingerprint density at radius 1 is 0.786 bits per heavy atom. The molecule has 0 aliphatic heterocycles. The van der Waals surface area contributed by atoms with Gasteiger partial charge in [-0.05, 0) is 12.8 Å². The average Bonchev–Trinajstić information content (AvgIpc) is 2.01. The summed E-state index contributed by atoms with van der Waals surface area (Å²) >= 11 is 0. The van der Waals surface area contributed by atoms with Gasteiger partial charge in [0.15, 0.2) is 19.7 Å². The monoisotopic (exact) mass is 240 g/mol. The predicted molar refractivity (Wildman–Crippen MR) is 55.7 cm³/mol. The molecule has 1 saturated carbocycles. The van der Waals surface area contributed by atoms with Crippen molar-refractivity contribution in [1.82, 2.24) is 0 Å². The van der Waals surface area contributed by atoms with Gasteiger partial charge in [0, 0.05) is 12.5 Å². The van der Waals surface area contributed by atoms with Gasteiger partial charge in [-0.15, -0.1) is 0 Å². The maximum Gasteiger partial charge on any atom is 0.151 e. The van der Waals surface area contributed by atoms with Crippen molar-refractivity contribution in [2.75, 3.05) is 12.5 Å². The summed E-state index contributed by atoms with van der Waals surface area (Å²) in [6.07, 6.45) is 4.84. The van der Waals surface area contributed by atoms with Gasteiger partial charge in [-0.25, -0.2) is 16.8 Å². The summed E-state index contributed by atoms with van der Waals surface area (Å²) in [6, 6.07) is 0. The van der Waals surface area contributed by atoms with Crippen LogP contribution < -0.4 is 0 Å². The first-order valence-corrected chi connectivity index (χ1v) is 8.51. The van der Waals surface area contributed by atoms with Crippen LogP contribution in [0.25, 0.3) is 0 Å². The number of hydrogen-bond acceptors (Lipinski definition) is 4. The summed E-state index contributed by atoms with van der Waals surface area (Å²) < 4.78 is 45.5. The van der Waals surface area contributed by atoms with Crippen LogP contribution in [0.1, 0.15) is 25.7 Å². The van der Waals surface area contributed by atoms with Crippen LogP contribution >= 0.6 is 0 Å². The van der Waals surface area contributed by atoms with E-state index in [1.807, 2.05) is 0 Å². The molecule has 0 radical (unpaired) electrons. The van der Waals surface area contributed by atoms with Crippen molar-refractivity contribution in [3.8, 4) is 0 Å². The van der Waals surface area contributed by atoms with Gasteiger partial charge < -0.3 is 0 Å². The largest absolute Gasteiger partial charge is 0.229 e. The number of sulfone groups is 2. The van der Waals surface area contributed by atoms with Gasteiger partial charge in [-0.1, -0.05) is 12.8 Å². The van der Waals surface area contributed by atoms with Crippen molar-refractivity contribution in [3.05, 3.63) is 0 Å². The molecule has 0 amide bonds. The standard InChI is InChI=1S/C8H16O4S2/c1-13(9,10)7-5-3-4-6-8(7)14(2,11)12/h7-8H,3-6H2,1-2H3. The molecule has 2 unspecified atom stereocenters. The Morgan fingerprint density at radius 3 is 1.29 bits per heavy atom. The molecule has 84 valence electrons. The third-order valence-electron chi connectivity index (χ3n) is 2.74. The Balaban J connectivity index is 3.03. The molecule has 2 atom stereocenters. The van der Waals surface area contributed by atoms with Gasteiger partial charge in [-0.3, -0.25) is 0 Å². The summed E-state index contributed by atoms with van der Waals surface area (Å²) in [5, 5.41) is -1.38. The highest BCUT2D eigenvalue weighted by atomic mass is 32.2. The highest BCUT2D eigenvalue weighted by Crippen LogP contribution is 2.28. The molecule has 0 saturated heterocycles. The lowest BCUT2D eigenvalue weighted by atomic mass is 10.00. The molecule has 0 heterocycles. The SMILES string of the molecule is CS(=O)(=O)C1CCCCC1S(C)(=O)=O. The molecule has 6 heteroatoms. The molecule has 0 aromatic rings. The number of hydrogen-bond donors (Lipinski definition) is 0. The van der Waals surface area contributed by atoms with Gasteiger partial charge in [0.25, 0.3) is 0 Å². The first-order chi connectivity index (χ1) is 6.23. The second-order valence-corrected chi connectivity index (χ2v) is 8.55. The van der Waals surface area contributed by atoms with Crippen molar-refractivity contribution in [2.24, 2.45) is 0 Å². The average molecular weight is 240 g/mol. The van der Waals surface area contributed by atoms with E-state index in [9.17, 15) is 16.8 Å². The van der Waals surface area contributed by atoms with Crippen LogP contribution in [0.2, 0.25) is 0 Å². The van der Waals surface area contributed by atoms with Crippen LogP contribution in [-0.2, 0) is 19.7 Å². The number of rotatable bonds is 2. The van der Waals surface area contributed by atoms with Crippen LogP contribution in [0.15, 0.2) is 0 Å². The summed E-state index contributed by atoms with van der Waals surface area (Å²) in [4.78, 5) is 0. The molecule has 1 aliphatic carbocycles. The van der Waals surface area contributed by atoms with Gasteiger partial charge >= 0.3 is 0 Å². The minimum Gasteiger partial charge on any atom is -0.229 e. The molecule has 14 heavy (non-hydrogen) atoms. The second-order valence-electron chi connectivity index (χ2n) is 4.02. The Bertz CT molecular complexity index is 353. The molecular formula is C8H16O4S2. The van der Waals surface area contributed by atoms with Gasteiger partial charge in [-0.2, -0.15) is 0 Å². The molecule has 4 nitrogen and oxygen atoms in total. The summed E-state index contributed by atoms with van der Waals surface area (Å²) in [6.45, 7) is 0. The van der Waals surface area contributed by atoms with Crippen LogP contribution in [0.5, 0.6) is 0 Å². The van der Waals surface area contributed by atoms with E-state index < -0.39 is 30.2 Å². The third-order valence-corrected chi connectivity index (χ3v) is 6.24. The molecule has 0 N–H and O–H groups in total. The van der Waals surface area contributed by atoms with Gasteiger partial charge in [0.05, 0.1) is 10.5 Å². The lowest BCUT2D eigenvalue weighted by Gasteiger charge is -2.28. The molecular weight excluding hydrogens is 224 g/mol. The maximum atomic E-state index is 11.4. The minimum atomic E-state index is -3.24. The van der Waals surface area contributed by atoms with E-state index >= 15 is 0 Å². The second kappa shape index (κ2) is 3.81. The van der Waals surface area contributed by atoms with E-state index in [0.717, 1.165) is 25.4 Å². The lowest BCUT2D eigenvalue weighted by Crippen LogP contribution is -2.41. The Morgan fingerprint density at radius 2 is 1.07 bits per heavy atom. The zero-order chi connectivity index (χ0) is 11.0. The molecule has 0 aromatic heterocycles. The van der Waals surface area contributed by atoms with E-state index in [4.69, 9.17) is 0 Å². The fourth-order valence-electron chi connectivity index (χ4n) is 2.04. The summed E-state index contributed by atoms with van der Waals surface area (Å²) in [5.41, 5.74) is 0. The van der Waals surface area contributed by atoms with Crippen LogP contribution in [0.4, 0.5) is 0 Å². The first-order valence-electron chi connectivity index (χ1n) is 4.60. The molecule has 0 bridgehead atoms. The van der Waals surface area contributed by atoms with E-state index in [1.165, 1.54) is 0 Å². The highest BCUT2D eigenvalue weighted by molar-refractivity contribution is 7.95. The Kier molecular flexibility index (Phi) is 3.26. The zero-order valence-corrected chi connectivity index (χ0v) is 10.1. The van der Waals surface area contributed by atoms with Crippen LogP contribution in [0.3, 0.4) is 0 Å². The summed E-state index contributed by atoms with van der Waals surface area (Å²) in [5.74, 6) is 0. The smallest absolute Gasteiger partial charge is 0.151 e. The molecule has 0 aromatic carbocycles. The van der Waals surface area contributed by atoms with Crippen molar-refractivity contribution < 1.29 is 16.8 Å². The fraction of sp³-hybridized carbons (Fsp3) is 1.00. The van der Waals surface area contributed by atoms with Crippen molar-refractivity contribution in [1.29, 1.82) is 0 Å². The zero-order valence-electron chi connectivity index (χ0n) is 8.43. The van der Waals surface area contributed by atoms with E-state index in [2.05, 4.69) is 0 Å². The lowest BCUT2D eigenvalue weighted by molar-refractivity contribution is 0.473.